The van der Waals surface area contributed by atoms with Crippen LogP contribution in [0.4, 0.5) is 0 Å². The molecule has 0 unspecified atom stereocenters. The number of carbonyl (C=O) groups is 1. The molecular weight excluding hydrogens is 277 g/mol. The van der Waals surface area contributed by atoms with Crippen LogP contribution in [0.25, 0.3) is 0 Å². The van der Waals surface area contributed by atoms with E-state index in [4.69, 9.17) is 23.2 Å². The second-order valence-corrected chi connectivity index (χ2v) is 5.94. The number of rotatable bonds is 7. The first-order valence-corrected chi connectivity index (χ1v) is 7.48. The first-order valence-electron chi connectivity index (χ1n) is 5.75. The van der Waals surface area contributed by atoms with Gasteiger partial charge in [0.05, 0.1) is 10.9 Å². The van der Waals surface area contributed by atoms with E-state index in [1.165, 1.54) is 11.3 Å². The van der Waals surface area contributed by atoms with Crippen molar-refractivity contribution in [3.63, 3.8) is 0 Å². The van der Waals surface area contributed by atoms with E-state index in [1.54, 1.807) is 0 Å². The van der Waals surface area contributed by atoms with Crippen LogP contribution in [-0.2, 0) is 11.3 Å². The molecule has 1 heterocycles. The molecule has 5 heteroatoms. The quantitative estimate of drug-likeness (QED) is 0.546. The fourth-order valence-corrected chi connectivity index (χ4v) is 2.82. The van der Waals surface area contributed by atoms with Crippen LogP contribution in [0, 0.1) is 0 Å². The molecule has 1 aromatic heterocycles. The Hall–Kier alpha value is -0.250. The van der Waals surface area contributed by atoms with Crippen molar-refractivity contribution in [1.82, 2.24) is 4.90 Å². The van der Waals surface area contributed by atoms with Gasteiger partial charge in [0, 0.05) is 23.7 Å². The van der Waals surface area contributed by atoms with E-state index in [9.17, 15) is 4.79 Å². The maximum absolute atomic E-state index is 11.9. The summed E-state index contributed by atoms with van der Waals surface area (Å²) in [6.45, 7) is 3.39. The molecule has 1 aromatic rings. The van der Waals surface area contributed by atoms with Gasteiger partial charge in [-0.25, -0.2) is 0 Å². The number of thiophene rings is 1. The largest absolute Gasteiger partial charge is 0.338 e. The Morgan fingerprint density at radius 1 is 1.41 bits per heavy atom. The molecule has 0 N–H and O–H groups in total. The van der Waals surface area contributed by atoms with Gasteiger partial charge in [0.2, 0.25) is 5.91 Å². The second kappa shape index (κ2) is 7.96. The number of unbranched alkanes of at least 4 members (excludes halogenated alkanes) is 1. The molecular formula is C12H17Cl2NOS. The van der Waals surface area contributed by atoms with Gasteiger partial charge in [0.15, 0.2) is 0 Å². The monoisotopic (exact) mass is 293 g/mol. The zero-order valence-electron chi connectivity index (χ0n) is 9.92. The molecule has 0 atom stereocenters. The summed E-state index contributed by atoms with van der Waals surface area (Å²) in [7, 11) is 0. The number of hydrogen-bond donors (Lipinski definition) is 0. The average molecular weight is 294 g/mol. The number of nitrogens with zero attached hydrogens (tertiary/aromatic N) is 1. The lowest BCUT2D eigenvalue weighted by molar-refractivity contribution is -0.131. The van der Waals surface area contributed by atoms with Gasteiger partial charge in [-0.05, 0) is 31.9 Å². The third kappa shape index (κ3) is 5.28. The molecule has 0 aromatic carbocycles. The Kier molecular flexibility index (Phi) is 6.93. The molecule has 0 saturated carbocycles. The van der Waals surface area contributed by atoms with Gasteiger partial charge in [-0.2, -0.15) is 0 Å². The molecule has 2 nitrogen and oxygen atoms in total. The molecule has 0 aliphatic carbocycles. The van der Waals surface area contributed by atoms with Crippen LogP contribution in [0.2, 0.25) is 4.34 Å². The standard InChI is InChI=1S/C12H17Cl2NOS/c1-2-15(12(16)5-3-4-8-13)9-10-6-7-11(14)17-10/h6-7H,2-5,8-9H2,1H3. The van der Waals surface area contributed by atoms with E-state index in [2.05, 4.69) is 0 Å². The second-order valence-electron chi connectivity index (χ2n) is 3.76. The highest BCUT2D eigenvalue weighted by Crippen LogP contribution is 2.23. The summed E-state index contributed by atoms with van der Waals surface area (Å²) >= 11 is 13.0. The molecule has 1 rings (SSSR count). The van der Waals surface area contributed by atoms with Gasteiger partial charge in [0.1, 0.15) is 0 Å². The lowest BCUT2D eigenvalue weighted by Gasteiger charge is -2.20. The average Bonchev–Trinajstić information content (AvgIpc) is 2.72. The van der Waals surface area contributed by atoms with Crippen LogP contribution in [0.3, 0.4) is 0 Å². The Morgan fingerprint density at radius 3 is 2.71 bits per heavy atom. The summed E-state index contributed by atoms with van der Waals surface area (Å²) in [5, 5.41) is 0. The third-order valence-electron chi connectivity index (χ3n) is 2.48. The van der Waals surface area contributed by atoms with Gasteiger partial charge in [0.25, 0.3) is 0 Å². The Bertz CT molecular complexity index is 354. The van der Waals surface area contributed by atoms with E-state index < -0.39 is 0 Å². The Labute approximate surface area is 117 Å². The summed E-state index contributed by atoms with van der Waals surface area (Å²) in [5.41, 5.74) is 0. The van der Waals surface area contributed by atoms with Crippen molar-refractivity contribution < 1.29 is 4.79 Å². The van der Waals surface area contributed by atoms with E-state index in [-0.39, 0.29) is 5.91 Å². The van der Waals surface area contributed by atoms with Crippen LogP contribution in [0.1, 0.15) is 31.1 Å². The number of carbonyl (C=O) groups excluding carboxylic acids is 1. The summed E-state index contributed by atoms with van der Waals surface area (Å²) in [4.78, 5) is 14.9. The topological polar surface area (TPSA) is 20.3 Å². The molecule has 0 aliphatic heterocycles. The number of amides is 1. The lowest BCUT2D eigenvalue weighted by atomic mass is 10.2. The zero-order chi connectivity index (χ0) is 12.7. The summed E-state index contributed by atoms with van der Waals surface area (Å²) in [5.74, 6) is 0.821. The van der Waals surface area contributed by atoms with E-state index in [1.807, 2.05) is 24.0 Å². The van der Waals surface area contributed by atoms with Crippen LogP contribution in [-0.4, -0.2) is 23.2 Å². The Morgan fingerprint density at radius 2 is 2.18 bits per heavy atom. The van der Waals surface area contributed by atoms with Gasteiger partial charge in [-0.1, -0.05) is 11.6 Å². The number of alkyl halides is 1. The Balaban J connectivity index is 2.44. The summed E-state index contributed by atoms with van der Waals surface area (Å²) in [6, 6.07) is 3.84. The fraction of sp³-hybridized carbons (Fsp3) is 0.583. The van der Waals surface area contributed by atoms with Crippen molar-refractivity contribution in [3.05, 3.63) is 21.3 Å². The lowest BCUT2D eigenvalue weighted by Crippen LogP contribution is -2.29. The number of halogens is 2. The molecule has 0 spiro atoms. The molecule has 0 aliphatic rings. The van der Waals surface area contributed by atoms with E-state index in [0.29, 0.717) is 18.8 Å². The fourth-order valence-electron chi connectivity index (χ4n) is 1.53. The van der Waals surface area contributed by atoms with E-state index >= 15 is 0 Å². The van der Waals surface area contributed by atoms with Crippen molar-refractivity contribution in [2.75, 3.05) is 12.4 Å². The smallest absolute Gasteiger partial charge is 0.222 e. The zero-order valence-corrected chi connectivity index (χ0v) is 12.2. The number of hydrogen-bond acceptors (Lipinski definition) is 2. The molecule has 0 fully saturated rings. The van der Waals surface area contributed by atoms with Crippen molar-refractivity contribution in [2.24, 2.45) is 0 Å². The highest BCUT2D eigenvalue weighted by molar-refractivity contribution is 7.16. The van der Waals surface area contributed by atoms with Crippen LogP contribution in [0.5, 0.6) is 0 Å². The molecule has 0 saturated heterocycles. The third-order valence-corrected chi connectivity index (χ3v) is 3.97. The minimum absolute atomic E-state index is 0.196. The maximum atomic E-state index is 11.9. The van der Waals surface area contributed by atoms with Crippen LogP contribution in [0.15, 0.2) is 12.1 Å². The molecule has 17 heavy (non-hydrogen) atoms. The molecule has 0 bridgehead atoms. The molecule has 0 radical (unpaired) electrons. The molecule has 96 valence electrons. The van der Waals surface area contributed by atoms with Crippen molar-refractivity contribution in [3.8, 4) is 0 Å². The predicted molar refractivity (Wildman–Crippen MR) is 75.0 cm³/mol. The summed E-state index contributed by atoms with van der Waals surface area (Å²) in [6.07, 6.45) is 2.35. The predicted octanol–water partition coefficient (Wildman–Crippen LogP) is 4.16. The van der Waals surface area contributed by atoms with Crippen LogP contribution >= 0.6 is 34.5 Å². The minimum Gasteiger partial charge on any atom is -0.338 e. The SMILES string of the molecule is CCN(Cc1ccc(Cl)s1)C(=O)CCCCCl. The van der Waals surface area contributed by atoms with Gasteiger partial charge >= 0.3 is 0 Å². The van der Waals surface area contributed by atoms with E-state index in [0.717, 1.165) is 28.6 Å². The van der Waals surface area contributed by atoms with Gasteiger partial charge < -0.3 is 4.90 Å². The van der Waals surface area contributed by atoms with Crippen LogP contribution < -0.4 is 0 Å². The van der Waals surface area contributed by atoms with Gasteiger partial charge in [-0.15, -0.1) is 22.9 Å². The molecule has 1 amide bonds. The van der Waals surface area contributed by atoms with Gasteiger partial charge in [-0.3, -0.25) is 4.79 Å². The summed E-state index contributed by atoms with van der Waals surface area (Å²) < 4.78 is 0.769. The highest BCUT2D eigenvalue weighted by atomic mass is 35.5. The first kappa shape index (κ1) is 14.8. The van der Waals surface area contributed by atoms with Crippen molar-refractivity contribution in [1.29, 1.82) is 0 Å². The van der Waals surface area contributed by atoms with Crippen molar-refractivity contribution >= 4 is 40.4 Å². The minimum atomic E-state index is 0.196. The highest BCUT2D eigenvalue weighted by Gasteiger charge is 2.12. The van der Waals surface area contributed by atoms with Crippen molar-refractivity contribution in [2.45, 2.75) is 32.7 Å². The first-order chi connectivity index (χ1) is 8.17. The maximum Gasteiger partial charge on any atom is 0.222 e. The normalized spacial score (nSPS) is 10.5.